The minimum Gasteiger partial charge on any atom is -0.352 e. The molecule has 33 heavy (non-hydrogen) atoms. The topological polar surface area (TPSA) is 78.5 Å². The monoisotopic (exact) mass is 457 g/mol. The molecule has 0 aromatic heterocycles. The molecule has 0 unspecified atom stereocenters. The number of amides is 3. The van der Waals surface area contributed by atoms with E-state index in [1.807, 2.05) is 13.8 Å². The van der Waals surface area contributed by atoms with E-state index in [9.17, 15) is 23.2 Å². The first-order valence-electron chi connectivity index (χ1n) is 11.2. The van der Waals surface area contributed by atoms with Crippen molar-refractivity contribution in [1.82, 2.24) is 15.5 Å². The maximum absolute atomic E-state index is 13.2. The van der Waals surface area contributed by atoms with Crippen LogP contribution in [-0.4, -0.2) is 47.8 Å². The quantitative estimate of drug-likeness (QED) is 0.668. The van der Waals surface area contributed by atoms with Gasteiger partial charge in [0.05, 0.1) is 0 Å². The first-order valence-corrected chi connectivity index (χ1v) is 11.2. The summed E-state index contributed by atoms with van der Waals surface area (Å²) in [4.78, 5) is 40.1. The second-order valence-electron chi connectivity index (χ2n) is 8.41. The Morgan fingerprint density at radius 1 is 0.909 bits per heavy atom. The predicted octanol–water partition coefficient (Wildman–Crippen LogP) is 3.53. The van der Waals surface area contributed by atoms with Crippen LogP contribution in [0.5, 0.6) is 0 Å². The zero-order chi connectivity index (χ0) is 24.0. The van der Waals surface area contributed by atoms with Gasteiger partial charge in [-0.05, 0) is 80.6 Å². The molecule has 0 radical (unpaired) electrons. The third-order valence-electron chi connectivity index (χ3n) is 6.07. The second-order valence-corrected chi connectivity index (χ2v) is 8.41. The molecule has 2 aromatic rings. The Morgan fingerprint density at radius 2 is 1.42 bits per heavy atom. The molecule has 6 nitrogen and oxygen atoms in total. The fourth-order valence-electron chi connectivity index (χ4n) is 3.87. The number of benzene rings is 2. The zero-order valence-electron chi connectivity index (χ0n) is 18.8. The summed E-state index contributed by atoms with van der Waals surface area (Å²) >= 11 is 0. The summed E-state index contributed by atoms with van der Waals surface area (Å²) in [5, 5.41) is 5.74. The number of halogens is 2. The van der Waals surface area contributed by atoms with Gasteiger partial charge in [0.2, 0.25) is 5.91 Å². The number of carbonyl (C=O) groups excluding carboxylic acids is 3. The SMILES string of the molecule is CC[C@@H](C)NC(=O)[C@@H](NC(=O)c1ccc(F)cc1)C1CCN(C(=O)c2ccc(F)cc2)CC1. The van der Waals surface area contributed by atoms with Crippen LogP contribution in [-0.2, 0) is 4.79 Å². The molecule has 0 spiro atoms. The number of likely N-dealkylation sites (tertiary alicyclic amines) is 1. The lowest BCUT2D eigenvalue weighted by atomic mass is 9.88. The van der Waals surface area contributed by atoms with Crippen molar-refractivity contribution in [2.45, 2.75) is 45.2 Å². The highest BCUT2D eigenvalue weighted by molar-refractivity contribution is 5.97. The molecule has 2 N–H and O–H groups in total. The Kier molecular flexibility index (Phi) is 8.14. The number of nitrogens with one attached hydrogen (secondary N) is 2. The van der Waals surface area contributed by atoms with Gasteiger partial charge in [-0.1, -0.05) is 6.92 Å². The van der Waals surface area contributed by atoms with E-state index in [1.54, 1.807) is 4.90 Å². The third-order valence-corrected chi connectivity index (χ3v) is 6.07. The molecule has 8 heteroatoms. The van der Waals surface area contributed by atoms with Crippen LogP contribution in [0.4, 0.5) is 8.78 Å². The lowest BCUT2D eigenvalue weighted by molar-refractivity contribution is -0.125. The van der Waals surface area contributed by atoms with E-state index in [2.05, 4.69) is 10.6 Å². The van der Waals surface area contributed by atoms with Crippen molar-refractivity contribution >= 4 is 17.7 Å². The van der Waals surface area contributed by atoms with Crippen molar-refractivity contribution < 1.29 is 23.2 Å². The maximum atomic E-state index is 13.2. The molecule has 0 saturated carbocycles. The summed E-state index contributed by atoms with van der Waals surface area (Å²) in [6, 6.07) is 9.72. The smallest absolute Gasteiger partial charge is 0.253 e. The lowest BCUT2D eigenvalue weighted by Gasteiger charge is -2.36. The Hall–Kier alpha value is -3.29. The highest BCUT2D eigenvalue weighted by atomic mass is 19.1. The van der Waals surface area contributed by atoms with Gasteiger partial charge in [-0.25, -0.2) is 8.78 Å². The standard InChI is InChI=1S/C25H29F2N3O3/c1-3-16(2)28-24(32)22(29-23(31)18-4-8-20(26)9-5-18)17-12-14-30(15-13-17)25(33)19-6-10-21(27)11-7-19/h4-11,16-17,22H,3,12-15H2,1-2H3,(H,28,32)(H,29,31)/t16-,22+/m1/s1. The number of rotatable bonds is 7. The molecule has 1 saturated heterocycles. The van der Waals surface area contributed by atoms with Crippen molar-refractivity contribution in [3.8, 4) is 0 Å². The summed E-state index contributed by atoms with van der Waals surface area (Å²) in [7, 11) is 0. The molecule has 0 aliphatic carbocycles. The minimum atomic E-state index is -0.778. The van der Waals surface area contributed by atoms with E-state index in [0.717, 1.165) is 6.42 Å². The summed E-state index contributed by atoms with van der Waals surface area (Å²) in [6.45, 7) is 4.68. The van der Waals surface area contributed by atoms with Crippen LogP contribution in [0.3, 0.4) is 0 Å². The maximum Gasteiger partial charge on any atom is 0.253 e. The van der Waals surface area contributed by atoms with Crippen LogP contribution in [0.2, 0.25) is 0 Å². The number of carbonyl (C=O) groups is 3. The molecule has 1 heterocycles. The molecular weight excluding hydrogens is 428 g/mol. The summed E-state index contributed by atoms with van der Waals surface area (Å²) in [5.41, 5.74) is 0.673. The molecule has 1 fully saturated rings. The second kappa shape index (κ2) is 11.0. The molecule has 2 atom stereocenters. The third kappa shape index (κ3) is 6.37. The van der Waals surface area contributed by atoms with Crippen molar-refractivity contribution in [3.05, 3.63) is 71.3 Å². The van der Waals surface area contributed by atoms with Gasteiger partial charge in [-0.2, -0.15) is 0 Å². The molecule has 1 aliphatic heterocycles. The summed E-state index contributed by atoms with van der Waals surface area (Å²) in [6.07, 6.45) is 1.79. The van der Waals surface area contributed by atoms with E-state index < -0.39 is 23.6 Å². The van der Waals surface area contributed by atoms with Crippen LogP contribution < -0.4 is 10.6 Å². The number of piperidine rings is 1. The van der Waals surface area contributed by atoms with E-state index in [0.29, 0.717) is 31.5 Å². The van der Waals surface area contributed by atoms with Crippen molar-refractivity contribution in [1.29, 1.82) is 0 Å². The fourth-order valence-corrected chi connectivity index (χ4v) is 3.87. The molecule has 1 aliphatic rings. The van der Waals surface area contributed by atoms with E-state index in [4.69, 9.17) is 0 Å². The van der Waals surface area contributed by atoms with E-state index >= 15 is 0 Å². The fraction of sp³-hybridized carbons (Fsp3) is 0.400. The van der Waals surface area contributed by atoms with Gasteiger partial charge in [0.1, 0.15) is 17.7 Å². The molecule has 3 amide bonds. The van der Waals surface area contributed by atoms with Crippen molar-refractivity contribution in [2.75, 3.05) is 13.1 Å². The highest BCUT2D eigenvalue weighted by Crippen LogP contribution is 2.23. The highest BCUT2D eigenvalue weighted by Gasteiger charge is 2.34. The zero-order valence-corrected chi connectivity index (χ0v) is 18.8. The van der Waals surface area contributed by atoms with Gasteiger partial charge in [0, 0.05) is 30.3 Å². The molecular formula is C25H29F2N3O3. The van der Waals surface area contributed by atoms with E-state index in [-0.39, 0.29) is 29.3 Å². The average molecular weight is 458 g/mol. The number of nitrogens with zero attached hydrogens (tertiary/aromatic N) is 1. The van der Waals surface area contributed by atoms with E-state index in [1.165, 1.54) is 48.5 Å². The Balaban J connectivity index is 1.69. The van der Waals surface area contributed by atoms with Gasteiger partial charge >= 0.3 is 0 Å². The van der Waals surface area contributed by atoms with Gasteiger partial charge in [-0.3, -0.25) is 14.4 Å². The Bertz CT molecular complexity index is 971. The van der Waals surface area contributed by atoms with Crippen LogP contribution in [0.25, 0.3) is 0 Å². The minimum absolute atomic E-state index is 0.0529. The van der Waals surface area contributed by atoms with Gasteiger partial charge < -0.3 is 15.5 Å². The number of hydrogen-bond acceptors (Lipinski definition) is 3. The van der Waals surface area contributed by atoms with Gasteiger partial charge in [0.25, 0.3) is 11.8 Å². The first kappa shape index (κ1) is 24.4. The average Bonchev–Trinajstić information content (AvgIpc) is 2.82. The van der Waals surface area contributed by atoms with Crippen molar-refractivity contribution in [3.63, 3.8) is 0 Å². The molecule has 2 aromatic carbocycles. The van der Waals surface area contributed by atoms with Crippen molar-refractivity contribution in [2.24, 2.45) is 5.92 Å². The van der Waals surface area contributed by atoms with Crippen LogP contribution in [0.1, 0.15) is 53.8 Å². The van der Waals surface area contributed by atoms with Gasteiger partial charge in [-0.15, -0.1) is 0 Å². The summed E-state index contributed by atoms with van der Waals surface area (Å²) < 4.78 is 26.4. The number of hydrogen-bond donors (Lipinski definition) is 2. The molecule has 3 rings (SSSR count). The Morgan fingerprint density at radius 3 is 1.94 bits per heavy atom. The largest absolute Gasteiger partial charge is 0.352 e. The molecule has 0 bridgehead atoms. The summed E-state index contributed by atoms with van der Waals surface area (Å²) in [5.74, 6) is -1.94. The van der Waals surface area contributed by atoms with Crippen LogP contribution in [0, 0.1) is 17.6 Å². The molecule has 176 valence electrons. The first-order chi connectivity index (χ1) is 15.8. The predicted molar refractivity (Wildman–Crippen MR) is 121 cm³/mol. The Labute approximate surface area is 192 Å². The lowest BCUT2D eigenvalue weighted by Crippen LogP contribution is -2.55. The van der Waals surface area contributed by atoms with Gasteiger partial charge in [0.15, 0.2) is 0 Å². The normalized spacial score (nSPS) is 16.1. The van der Waals surface area contributed by atoms with Crippen LogP contribution >= 0.6 is 0 Å². The van der Waals surface area contributed by atoms with Crippen LogP contribution in [0.15, 0.2) is 48.5 Å².